The van der Waals surface area contributed by atoms with E-state index >= 15 is 0 Å². The van der Waals surface area contributed by atoms with Gasteiger partial charge >= 0.3 is 0 Å². The Hall–Kier alpha value is -0.850. The summed E-state index contributed by atoms with van der Waals surface area (Å²) < 4.78 is 0. The van der Waals surface area contributed by atoms with Crippen LogP contribution in [0.1, 0.15) is 41.5 Å². The third-order valence-electron chi connectivity index (χ3n) is 5.47. The van der Waals surface area contributed by atoms with Crippen LogP contribution in [0.5, 0.6) is 0 Å². The smallest absolute Gasteiger partial charge is 0.191 e. The zero-order chi connectivity index (χ0) is 19.7. The maximum Gasteiger partial charge on any atom is 0.191 e. The van der Waals surface area contributed by atoms with Crippen LogP contribution >= 0.6 is 0 Å². The summed E-state index contributed by atoms with van der Waals surface area (Å²) in [5.74, 6) is 1.54. The largest absolute Gasteiger partial charge is 0.355 e. The van der Waals surface area contributed by atoms with Crippen molar-refractivity contribution >= 4 is 5.96 Å². The molecule has 1 saturated heterocycles. The standard InChI is InChI=1S/C20H44N6/c1-16(2)19(25-13-11-24(8)12-14-25)15-23-20(21-7)22-9-10-26(17(3)4)18(5)6/h16-19H,9-15H2,1-8H3,(H2,21,22,23). The number of likely N-dealkylation sites (N-methyl/N-ethyl adjacent to an activating group) is 1. The van der Waals surface area contributed by atoms with Crippen molar-refractivity contribution in [2.45, 2.75) is 59.7 Å². The summed E-state index contributed by atoms with van der Waals surface area (Å²) >= 11 is 0. The predicted molar refractivity (Wildman–Crippen MR) is 114 cm³/mol. The minimum absolute atomic E-state index is 0.546. The van der Waals surface area contributed by atoms with E-state index < -0.39 is 0 Å². The van der Waals surface area contributed by atoms with Crippen LogP contribution in [0.3, 0.4) is 0 Å². The molecule has 6 heteroatoms. The molecule has 1 heterocycles. The summed E-state index contributed by atoms with van der Waals surface area (Å²) in [6.07, 6.45) is 0. The van der Waals surface area contributed by atoms with Gasteiger partial charge in [-0.3, -0.25) is 14.8 Å². The highest BCUT2D eigenvalue weighted by Gasteiger charge is 2.25. The molecule has 0 aromatic carbocycles. The number of aliphatic imine (C=N–C) groups is 1. The van der Waals surface area contributed by atoms with Crippen molar-refractivity contribution in [2.24, 2.45) is 10.9 Å². The fourth-order valence-corrected chi connectivity index (χ4v) is 3.78. The quantitative estimate of drug-likeness (QED) is 0.478. The van der Waals surface area contributed by atoms with Gasteiger partial charge in [0.1, 0.15) is 0 Å². The van der Waals surface area contributed by atoms with Gasteiger partial charge in [-0.25, -0.2) is 0 Å². The normalized spacial score (nSPS) is 19.0. The molecule has 1 fully saturated rings. The predicted octanol–water partition coefficient (Wildman–Crippen LogP) is 1.54. The Balaban J connectivity index is 2.45. The van der Waals surface area contributed by atoms with Crippen LogP contribution in [-0.4, -0.2) is 98.7 Å². The molecule has 0 amide bonds. The van der Waals surface area contributed by atoms with Crippen molar-refractivity contribution in [3.05, 3.63) is 0 Å². The molecule has 0 aromatic rings. The average Bonchev–Trinajstić information content (AvgIpc) is 2.57. The minimum atomic E-state index is 0.546. The van der Waals surface area contributed by atoms with Crippen molar-refractivity contribution in [3.63, 3.8) is 0 Å². The first-order valence-corrected chi connectivity index (χ1v) is 10.4. The molecule has 26 heavy (non-hydrogen) atoms. The molecule has 0 radical (unpaired) electrons. The lowest BCUT2D eigenvalue weighted by Gasteiger charge is -2.40. The zero-order valence-electron chi connectivity index (χ0n) is 18.5. The number of nitrogens with one attached hydrogen (secondary N) is 2. The Labute approximate surface area is 162 Å². The van der Waals surface area contributed by atoms with Crippen LogP contribution in [0.4, 0.5) is 0 Å². The molecule has 1 aliphatic heterocycles. The van der Waals surface area contributed by atoms with E-state index in [1.807, 2.05) is 7.05 Å². The maximum atomic E-state index is 4.41. The van der Waals surface area contributed by atoms with Crippen molar-refractivity contribution in [3.8, 4) is 0 Å². The van der Waals surface area contributed by atoms with E-state index in [-0.39, 0.29) is 0 Å². The third-order valence-corrected chi connectivity index (χ3v) is 5.47. The number of hydrogen-bond donors (Lipinski definition) is 2. The number of guanidine groups is 1. The van der Waals surface area contributed by atoms with Crippen LogP contribution < -0.4 is 10.6 Å². The molecule has 0 saturated carbocycles. The Bertz CT molecular complexity index is 391. The Kier molecular flexibility index (Phi) is 10.5. The van der Waals surface area contributed by atoms with Gasteiger partial charge in [0.2, 0.25) is 0 Å². The molecule has 0 bridgehead atoms. The molecule has 6 nitrogen and oxygen atoms in total. The van der Waals surface area contributed by atoms with Crippen molar-refractivity contribution in [1.82, 2.24) is 25.3 Å². The van der Waals surface area contributed by atoms with Gasteiger partial charge in [-0.2, -0.15) is 0 Å². The van der Waals surface area contributed by atoms with Gasteiger partial charge in [0.15, 0.2) is 5.96 Å². The number of rotatable bonds is 9. The lowest BCUT2D eigenvalue weighted by Crippen LogP contribution is -2.55. The van der Waals surface area contributed by atoms with Gasteiger partial charge in [0.25, 0.3) is 0 Å². The second-order valence-corrected chi connectivity index (χ2v) is 8.46. The molecule has 0 aromatic heterocycles. The highest BCUT2D eigenvalue weighted by Crippen LogP contribution is 2.12. The minimum Gasteiger partial charge on any atom is -0.355 e. The summed E-state index contributed by atoms with van der Waals surface area (Å²) in [5, 5.41) is 7.04. The van der Waals surface area contributed by atoms with Gasteiger partial charge in [0.05, 0.1) is 0 Å². The summed E-state index contributed by atoms with van der Waals surface area (Å²) in [6, 6.07) is 1.67. The molecule has 1 unspecified atom stereocenters. The van der Waals surface area contributed by atoms with Crippen LogP contribution in [0, 0.1) is 5.92 Å². The zero-order valence-corrected chi connectivity index (χ0v) is 18.5. The molecule has 154 valence electrons. The van der Waals surface area contributed by atoms with E-state index in [9.17, 15) is 0 Å². The van der Waals surface area contributed by atoms with E-state index in [0.29, 0.717) is 24.0 Å². The summed E-state index contributed by atoms with van der Waals surface area (Å²) in [6.45, 7) is 21.2. The maximum absolute atomic E-state index is 4.41. The SMILES string of the molecule is CN=C(NCCN(C(C)C)C(C)C)NCC(C(C)C)N1CCN(C)CC1. The monoisotopic (exact) mass is 368 g/mol. The second kappa shape index (κ2) is 11.8. The van der Waals surface area contributed by atoms with E-state index in [2.05, 4.69) is 78.9 Å². The molecule has 1 atom stereocenters. The lowest BCUT2D eigenvalue weighted by molar-refractivity contribution is 0.0900. The Morgan fingerprint density at radius 1 is 0.962 bits per heavy atom. The first kappa shape index (κ1) is 23.2. The van der Waals surface area contributed by atoms with E-state index in [1.165, 1.54) is 0 Å². The molecule has 0 aliphatic carbocycles. The molecule has 0 spiro atoms. The summed E-state index contributed by atoms with van der Waals surface area (Å²) in [7, 11) is 4.07. The molecule has 1 aliphatic rings. The van der Waals surface area contributed by atoms with Gasteiger partial charge in [0, 0.05) is 71.0 Å². The summed E-state index contributed by atoms with van der Waals surface area (Å²) in [4.78, 5) is 12.0. The van der Waals surface area contributed by atoms with Gasteiger partial charge < -0.3 is 15.5 Å². The fourth-order valence-electron chi connectivity index (χ4n) is 3.78. The Morgan fingerprint density at radius 3 is 2.00 bits per heavy atom. The Morgan fingerprint density at radius 2 is 1.54 bits per heavy atom. The lowest BCUT2D eigenvalue weighted by atomic mass is 10.0. The molecule has 1 rings (SSSR count). The summed E-state index contributed by atoms with van der Waals surface area (Å²) in [5.41, 5.74) is 0. The fraction of sp³-hybridized carbons (Fsp3) is 0.950. The third kappa shape index (κ3) is 7.80. The van der Waals surface area contributed by atoms with Crippen LogP contribution in [0.2, 0.25) is 0 Å². The number of hydrogen-bond acceptors (Lipinski definition) is 4. The molecular weight excluding hydrogens is 324 g/mol. The highest BCUT2D eigenvalue weighted by molar-refractivity contribution is 5.79. The van der Waals surface area contributed by atoms with Gasteiger partial charge in [-0.05, 0) is 40.7 Å². The van der Waals surface area contributed by atoms with E-state index in [0.717, 1.165) is 51.8 Å². The first-order chi connectivity index (χ1) is 12.3. The second-order valence-electron chi connectivity index (χ2n) is 8.46. The van der Waals surface area contributed by atoms with Crippen LogP contribution in [-0.2, 0) is 0 Å². The van der Waals surface area contributed by atoms with Crippen LogP contribution in [0.15, 0.2) is 4.99 Å². The van der Waals surface area contributed by atoms with Crippen LogP contribution in [0.25, 0.3) is 0 Å². The average molecular weight is 369 g/mol. The van der Waals surface area contributed by atoms with Crippen molar-refractivity contribution in [1.29, 1.82) is 0 Å². The highest BCUT2D eigenvalue weighted by atomic mass is 15.3. The van der Waals surface area contributed by atoms with Crippen molar-refractivity contribution < 1.29 is 0 Å². The van der Waals surface area contributed by atoms with Gasteiger partial charge in [-0.15, -0.1) is 0 Å². The molecule has 2 N–H and O–H groups in total. The number of nitrogens with zero attached hydrogens (tertiary/aromatic N) is 4. The van der Waals surface area contributed by atoms with Crippen molar-refractivity contribution in [2.75, 3.05) is 59.9 Å². The topological polar surface area (TPSA) is 46.1 Å². The number of piperazine rings is 1. The van der Waals surface area contributed by atoms with E-state index in [1.54, 1.807) is 0 Å². The first-order valence-electron chi connectivity index (χ1n) is 10.4. The van der Waals surface area contributed by atoms with E-state index in [4.69, 9.17) is 0 Å². The molecular formula is C20H44N6. The van der Waals surface area contributed by atoms with Gasteiger partial charge in [-0.1, -0.05) is 13.8 Å².